The lowest BCUT2D eigenvalue weighted by Crippen LogP contribution is -2.30. The third-order valence-corrected chi connectivity index (χ3v) is 5.64. The molecule has 3 aromatic rings. The van der Waals surface area contributed by atoms with Crippen LogP contribution < -0.4 is 5.32 Å². The topological polar surface area (TPSA) is 32.3 Å². The highest BCUT2D eigenvalue weighted by Gasteiger charge is 2.30. The maximum atomic E-state index is 13.0. The minimum atomic E-state index is -4.40. The summed E-state index contributed by atoms with van der Waals surface area (Å²) in [6.45, 7) is 6.43. The van der Waals surface area contributed by atoms with Crippen LogP contribution in [0.15, 0.2) is 79.4 Å². The molecular formula is C26H23F3N2O. The van der Waals surface area contributed by atoms with Gasteiger partial charge in [0.05, 0.1) is 5.56 Å². The first-order chi connectivity index (χ1) is 15.3. The molecule has 0 saturated heterocycles. The molecule has 1 N–H and O–H groups in total. The Bertz CT molecular complexity index is 1140. The predicted octanol–water partition coefficient (Wildman–Crippen LogP) is 6.17. The maximum Gasteiger partial charge on any atom is 0.416 e. The summed E-state index contributed by atoms with van der Waals surface area (Å²) in [7, 11) is 0. The molecule has 0 fully saturated rings. The van der Waals surface area contributed by atoms with Crippen molar-refractivity contribution in [2.45, 2.75) is 19.1 Å². The number of amides is 1. The number of hydrogen-bond acceptors (Lipinski definition) is 2. The molecule has 6 heteroatoms. The molecule has 164 valence electrons. The second-order valence-corrected chi connectivity index (χ2v) is 7.83. The fraction of sp³-hybridized carbons (Fsp3) is 0.192. The SMILES string of the molecule is C=CCN1CCc2cc(NC(=O)c3ccccc3-c3ccc(C(F)(F)F)cc3)ccc2C1. The molecular weight excluding hydrogens is 413 g/mol. The molecule has 1 amide bonds. The highest BCUT2D eigenvalue weighted by atomic mass is 19.4. The van der Waals surface area contributed by atoms with Crippen molar-refractivity contribution in [3.63, 3.8) is 0 Å². The van der Waals surface area contributed by atoms with E-state index in [-0.39, 0.29) is 5.91 Å². The fourth-order valence-corrected chi connectivity index (χ4v) is 4.00. The zero-order valence-corrected chi connectivity index (χ0v) is 17.5. The van der Waals surface area contributed by atoms with Gasteiger partial charge >= 0.3 is 6.18 Å². The van der Waals surface area contributed by atoms with Crippen molar-refractivity contribution >= 4 is 11.6 Å². The number of nitrogens with zero attached hydrogens (tertiary/aromatic N) is 1. The Balaban J connectivity index is 1.55. The lowest BCUT2D eigenvalue weighted by Gasteiger charge is -2.28. The van der Waals surface area contributed by atoms with E-state index in [0.717, 1.165) is 38.2 Å². The summed E-state index contributed by atoms with van der Waals surface area (Å²) in [5.74, 6) is -0.301. The molecule has 0 aromatic heterocycles. The molecule has 3 aromatic carbocycles. The van der Waals surface area contributed by atoms with Crippen molar-refractivity contribution in [3.05, 3.63) is 102 Å². The van der Waals surface area contributed by atoms with Gasteiger partial charge in [0.1, 0.15) is 0 Å². The summed E-state index contributed by atoms with van der Waals surface area (Å²) in [5, 5.41) is 2.94. The van der Waals surface area contributed by atoms with E-state index in [2.05, 4.69) is 16.8 Å². The van der Waals surface area contributed by atoms with Gasteiger partial charge in [0.15, 0.2) is 0 Å². The fourth-order valence-electron chi connectivity index (χ4n) is 4.00. The number of carbonyl (C=O) groups excluding carboxylic acids is 1. The summed E-state index contributed by atoms with van der Waals surface area (Å²) in [6, 6.07) is 17.7. The number of hydrogen-bond donors (Lipinski definition) is 1. The number of fused-ring (bicyclic) bond motifs is 1. The Kier molecular flexibility index (Phi) is 6.15. The standard InChI is InChI=1S/C26H23F3N2O/c1-2-14-31-15-13-19-16-22(12-9-20(19)17-31)30-25(32)24-6-4-3-5-23(24)18-7-10-21(11-8-18)26(27,28)29/h2-12,16H,1,13-15,17H2,(H,30,32). The van der Waals surface area contributed by atoms with Crippen LogP contribution in [0.1, 0.15) is 27.0 Å². The highest BCUT2D eigenvalue weighted by Crippen LogP contribution is 2.32. The number of anilines is 1. The van der Waals surface area contributed by atoms with Gasteiger partial charge in [0.25, 0.3) is 5.91 Å². The molecule has 4 rings (SSSR count). The van der Waals surface area contributed by atoms with Gasteiger partial charge < -0.3 is 5.32 Å². The average Bonchev–Trinajstić information content (AvgIpc) is 2.79. The first kappa shape index (κ1) is 21.8. The molecule has 0 radical (unpaired) electrons. The molecule has 1 aliphatic heterocycles. The number of rotatable bonds is 5. The molecule has 1 heterocycles. The minimum Gasteiger partial charge on any atom is -0.322 e. The van der Waals surface area contributed by atoms with Crippen LogP contribution in [0.3, 0.4) is 0 Å². The van der Waals surface area contributed by atoms with Gasteiger partial charge in [-0.2, -0.15) is 13.2 Å². The summed E-state index contributed by atoms with van der Waals surface area (Å²) in [5.41, 5.74) is 3.97. The Morgan fingerprint density at radius 3 is 2.50 bits per heavy atom. The normalized spacial score (nSPS) is 14.0. The van der Waals surface area contributed by atoms with Crippen molar-refractivity contribution < 1.29 is 18.0 Å². The van der Waals surface area contributed by atoms with Crippen LogP contribution in [-0.4, -0.2) is 23.9 Å². The number of nitrogens with one attached hydrogen (secondary N) is 1. The van der Waals surface area contributed by atoms with E-state index in [4.69, 9.17) is 0 Å². The second kappa shape index (κ2) is 9.01. The monoisotopic (exact) mass is 436 g/mol. The third-order valence-electron chi connectivity index (χ3n) is 5.64. The highest BCUT2D eigenvalue weighted by molar-refractivity contribution is 6.08. The van der Waals surface area contributed by atoms with Gasteiger partial charge in [-0.05, 0) is 59.0 Å². The molecule has 1 aliphatic rings. The lowest BCUT2D eigenvalue weighted by atomic mass is 9.97. The second-order valence-electron chi connectivity index (χ2n) is 7.83. The molecule has 0 spiro atoms. The van der Waals surface area contributed by atoms with Crippen LogP contribution in [0.25, 0.3) is 11.1 Å². The van der Waals surface area contributed by atoms with E-state index in [1.54, 1.807) is 24.3 Å². The van der Waals surface area contributed by atoms with Crippen molar-refractivity contribution in [2.24, 2.45) is 0 Å². The molecule has 0 aliphatic carbocycles. The van der Waals surface area contributed by atoms with Gasteiger partial charge in [-0.3, -0.25) is 9.69 Å². The first-order valence-corrected chi connectivity index (χ1v) is 10.4. The van der Waals surface area contributed by atoms with Gasteiger partial charge in [0.2, 0.25) is 0 Å². The molecule has 0 atom stereocenters. The van der Waals surface area contributed by atoms with Crippen LogP contribution in [-0.2, 0) is 19.1 Å². The lowest BCUT2D eigenvalue weighted by molar-refractivity contribution is -0.137. The minimum absolute atomic E-state index is 0.301. The van der Waals surface area contributed by atoms with Crippen molar-refractivity contribution in [1.29, 1.82) is 0 Å². The van der Waals surface area contributed by atoms with E-state index < -0.39 is 11.7 Å². The van der Waals surface area contributed by atoms with Gasteiger partial charge in [-0.25, -0.2) is 0 Å². The van der Waals surface area contributed by atoms with Crippen molar-refractivity contribution in [2.75, 3.05) is 18.4 Å². The Labute approximate surface area is 185 Å². The first-order valence-electron chi connectivity index (χ1n) is 10.4. The maximum absolute atomic E-state index is 13.0. The zero-order valence-electron chi connectivity index (χ0n) is 17.5. The number of alkyl halides is 3. The molecule has 32 heavy (non-hydrogen) atoms. The van der Waals surface area contributed by atoms with E-state index >= 15 is 0 Å². The quantitative estimate of drug-likeness (QED) is 0.485. The molecule has 0 unspecified atom stereocenters. The van der Waals surface area contributed by atoms with Crippen molar-refractivity contribution in [1.82, 2.24) is 4.90 Å². The Hall–Kier alpha value is -3.38. The van der Waals surface area contributed by atoms with E-state index in [1.807, 2.05) is 24.3 Å². The largest absolute Gasteiger partial charge is 0.416 e. The van der Waals surface area contributed by atoms with E-state index in [0.29, 0.717) is 22.4 Å². The Morgan fingerprint density at radius 1 is 1.03 bits per heavy atom. The average molecular weight is 436 g/mol. The number of carbonyl (C=O) groups is 1. The molecule has 3 nitrogen and oxygen atoms in total. The van der Waals surface area contributed by atoms with Crippen molar-refractivity contribution in [3.8, 4) is 11.1 Å². The van der Waals surface area contributed by atoms with E-state index in [1.165, 1.54) is 23.3 Å². The van der Waals surface area contributed by atoms with Crippen LogP contribution in [0.2, 0.25) is 0 Å². The molecule has 0 bridgehead atoms. The smallest absolute Gasteiger partial charge is 0.322 e. The zero-order chi connectivity index (χ0) is 22.7. The van der Waals surface area contributed by atoms with E-state index in [9.17, 15) is 18.0 Å². The number of benzene rings is 3. The summed E-state index contributed by atoms with van der Waals surface area (Å²) >= 11 is 0. The van der Waals surface area contributed by atoms with Gasteiger partial charge in [0, 0.05) is 30.9 Å². The van der Waals surface area contributed by atoms with Gasteiger partial charge in [-0.15, -0.1) is 6.58 Å². The third kappa shape index (κ3) is 4.75. The van der Waals surface area contributed by atoms with Crippen LogP contribution >= 0.6 is 0 Å². The predicted molar refractivity (Wildman–Crippen MR) is 120 cm³/mol. The van der Waals surface area contributed by atoms with Crippen LogP contribution in [0.4, 0.5) is 18.9 Å². The summed E-state index contributed by atoms with van der Waals surface area (Å²) < 4.78 is 38.6. The van der Waals surface area contributed by atoms with Crippen LogP contribution in [0, 0.1) is 0 Å². The summed E-state index contributed by atoms with van der Waals surface area (Å²) in [6.07, 6.45) is -1.60. The van der Waals surface area contributed by atoms with Crippen LogP contribution in [0.5, 0.6) is 0 Å². The summed E-state index contributed by atoms with van der Waals surface area (Å²) in [4.78, 5) is 15.3. The number of halogens is 3. The Morgan fingerprint density at radius 2 is 1.78 bits per heavy atom. The molecule has 0 saturated carbocycles. The van der Waals surface area contributed by atoms with Gasteiger partial charge in [-0.1, -0.05) is 42.5 Å².